The quantitative estimate of drug-likeness (QED) is 0.429. The van der Waals surface area contributed by atoms with Crippen molar-refractivity contribution in [3.8, 4) is 11.5 Å². The first-order valence-corrected chi connectivity index (χ1v) is 10.1. The molecule has 1 aliphatic heterocycles. The third-order valence-corrected chi connectivity index (χ3v) is 5.73. The van der Waals surface area contributed by atoms with Gasteiger partial charge in [-0.15, -0.1) is 0 Å². The van der Waals surface area contributed by atoms with Gasteiger partial charge in [0.25, 0.3) is 0 Å². The van der Waals surface area contributed by atoms with Crippen molar-refractivity contribution in [3.05, 3.63) is 64.8 Å². The lowest BCUT2D eigenvalue weighted by Gasteiger charge is -2.06. The third-order valence-electron chi connectivity index (χ3n) is 5.46. The van der Waals surface area contributed by atoms with E-state index in [0.717, 1.165) is 16.8 Å². The van der Waals surface area contributed by atoms with E-state index in [1.54, 1.807) is 23.0 Å². The molecule has 0 fully saturated rings. The molecule has 0 bridgehead atoms. The van der Waals surface area contributed by atoms with Crippen molar-refractivity contribution in [2.75, 3.05) is 0 Å². The van der Waals surface area contributed by atoms with Crippen LogP contribution in [0.1, 0.15) is 31.0 Å². The molecule has 3 aromatic heterocycles. The van der Waals surface area contributed by atoms with E-state index in [1.165, 1.54) is 6.07 Å². The molecule has 8 heteroatoms. The number of aliphatic imine (C=N–C) groups is 1. The zero-order valence-electron chi connectivity index (χ0n) is 16.5. The SMILES string of the molecule is CC1=Nc2c(Cl)nc(-c3nn(CCc4ccccc4F)c4ncccc34)nc2C1C. The van der Waals surface area contributed by atoms with Gasteiger partial charge in [-0.2, -0.15) is 5.10 Å². The molecule has 6 nitrogen and oxygen atoms in total. The van der Waals surface area contributed by atoms with E-state index in [4.69, 9.17) is 21.7 Å². The monoisotopic (exact) mass is 420 g/mol. The highest BCUT2D eigenvalue weighted by molar-refractivity contribution is 6.32. The molecule has 0 N–H and O–H groups in total. The van der Waals surface area contributed by atoms with E-state index in [2.05, 4.69) is 15.0 Å². The second-order valence-electron chi connectivity index (χ2n) is 7.33. The minimum absolute atomic E-state index is 0.0757. The first-order valence-electron chi connectivity index (χ1n) is 9.71. The number of aryl methyl sites for hydroxylation is 2. The lowest BCUT2D eigenvalue weighted by atomic mass is 10.1. The van der Waals surface area contributed by atoms with E-state index in [0.29, 0.717) is 46.5 Å². The molecule has 5 rings (SSSR count). The highest BCUT2D eigenvalue weighted by atomic mass is 35.5. The standard InChI is InChI=1S/C22H18ClFN6/c1-12-13(2)26-19-17(12)27-21(28-20(19)23)18-15-7-5-10-25-22(15)30(29-18)11-9-14-6-3-4-8-16(14)24/h3-8,10,12H,9,11H2,1-2H3. The number of halogens is 2. The molecule has 30 heavy (non-hydrogen) atoms. The predicted octanol–water partition coefficient (Wildman–Crippen LogP) is 5.13. The lowest BCUT2D eigenvalue weighted by Crippen LogP contribution is -2.06. The molecule has 4 aromatic rings. The number of benzene rings is 1. The summed E-state index contributed by atoms with van der Waals surface area (Å²) in [5, 5.41) is 5.87. The van der Waals surface area contributed by atoms with Crippen LogP contribution in [0.5, 0.6) is 0 Å². The zero-order chi connectivity index (χ0) is 20.8. The van der Waals surface area contributed by atoms with Crippen molar-refractivity contribution in [3.63, 3.8) is 0 Å². The molecular weight excluding hydrogens is 403 g/mol. The Balaban J connectivity index is 1.57. The molecule has 0 amide bonds. The van der Waals surface area contributed by atoms with Crippen molar-refractivity contribution in [1.82, 2.24) is 24.7 Å². The van der Waals surface area contributed by atoms with Gasteiger partial charge in [-0.25, -0.2) is 24.0 Å². The Bertz CT molecular complexity index is 1310. The van der Waals surface area contributed by atoms with Crippen molar-refractivity contribution < 1.29 is 4.39 Å². The highest BCUT2D eigenvalue weighted by Gasteiger charge is 2.27. The normalized spacial score (nSPS) is 15.5. The number of pyridine rings is 1. The van der Waals surface area contributed by atoms with Gasteiger partial charge in [0, 0.05) is 24.4 Å². The predicted molar refractivity (Wildman–Crippen MR) is 115 cm³/mol. The summed E-state index contributed by atoms with van der Waals surface area (Å²) in [5.74, 6) is 0.296. The molecule has 0 saturated heterocycles. The summed E-state index contributed by atoms with van der Waals surface area (Å²) in [4.78, 5) is 18.2. The van der Waals surface area contributed by atoms with Crippen LogP contribution in [0.15, 0.2) is 47.6 Å². The number of rotatable bonds is 4. The lowest BCUT2D eigenvalue weighted by molar-refractivity contribution is 0.579. The molecule has 4 heterocycles. The fourth-order valence-electron chi connectivity index (χ4n) is 3.68. The van der Waals surface area contributed by atoms with Crippen LogP contribution in [0.4, 0.5) is 10.1 Å². The van der Waals surface area contributed by atoms with Gasteiger partial charge in [-0.05, 0) is 37.1 Å². The van der Waals surface area contributed by atoms with E-state index < -0.39 is 0 Å². The van der Waals surface area contributed by atoms with Crippen LogP contribution in [-0.4, -0.2) is 30.4 Å². The van der Waals surface area contributed by atoms with Gasteiger partial charge >= 0.3 is 0 Å². The minimum Gasteiger partial charge on any atom is -0.252 e. The second-order valence-corrected chi connectivity index (χ2v) is 7.69. The smallest absolute Gasteiger partial charge is 0.182 e. The van der Waals surface area contributed by atoms with Crippen molar-refractivity contribution in [2.45, 2.75) is 32.7 Å². The average Bonchev–Trinajstić information content (AvgIpc) is 3.26. The van der Waals surface area contributed by atoms with Crippen LogP contribution < -0.4 is 0 Å². The van der Waals surface area contributed by atoms with Gasteiger partial charge in [0.1, 0.15) is 17.2 Å². The van der Waals surface area contributed by atoms with Gasteiger partial charge < -0.3 is 0 Å². The van der Waals surface area contributed by atoms with Crippen molar-refractivity contribution >= 4 is 34.0 Å². The summed E-state index contributed by atoms with van der Waals surface area (Å²) < 4.78 is 15.8. The van der Waals surface area contributed by atoms with Gasteiger partial charge in [-0.1, -0.05) is 36.7 Å². The summed E-state index contributed by atoms with van der Waals surface area (Å²) >= 11 is 6.42. The van der Waals surface area contributed by atoms with Crippen LogP contribution >= 0.6 is 11.6 Å². The molecule has 1 atom stereocenters. The Labute approximate surface area is 177 Å². The van der Waals surface area contributed by atoms with Gasteiger partial charge in [0.2, 0.25) is 0 Å². The van der Waals surface area contributed by atoms with Crippen molar-refractivity contribution in [2.24, 2.45) is 4.99 Å². The van der Waals surface area contributed by atoms with Gasteiger partial charge in [0.05, 0.1) is 11.1 Å². The average molecular weight is 421 g/mol. The number of nitrogens with zero attached hydrogens (tertiary/aromatic N) is 6. The van der Waals surface area contributed by atoms with Gasteiger partial charge in [0.15, 0.2) is 16.6 Å². The Hall–Kier alpha value is -3.19. The molecule has 150 valence electrons. The summed E-state index contributed by atoms with van der Waals surface area (Å²) in [6.45, 7) is 4.48. The van der Waals surface area contributed by atoms with Crippen LogP contribution in [0.3, 0.4) is 0 Å². The van der Waals surface area contributed by atoms with E-state index in [-0.39, 0.29) is 11.7 Å². The number of fused-ring (bicyclic) bond motifs is 2. The molecule has 0 saturated carbocycles. The van der Waals surface area contributed by atoms with E-state index in [1.807, 2.05) is 32.0 Å². The number of hydrogen-bond donors (Lipinski definition) is 0. The Kier molecular flexibility index (Phi) is 4.55. The Morgan fingerprint density at radius 1 is 1.13 bits per heavy atom. The number of aromatic nitrogens is 5. The maximum atomic E-state index is 14.0. The maximum Gasteiger partial charge on any atom is 0.182 e. The maximum absolute atomic E-state index is 14.0. The first kappa shape index (κ1) is 18.8. The molecule has 0 aliphatic carbocycles. The van der Waals surface area contributed by atoms with Crippen molar-refractivity contribution in [1.29, 1.82) is 0 Å². The Morgan fingerprint density at radius 3 is 2.80 bits per heavy atom. The molecule has 0 radical (unpaired) electrons. The summed E-state index contributed by atoms with van der Waals surface area (Å²) in [7, 11) is 0. The van der Waals surface area contributed by atoms with Gasteiger partial charge in [-0.3, -0.25) is 4.99 Å². The van der Waals surface area contributed by atoms with Crippen LogP contribution in [0.25, 0.3) is 22.6 Å². The molecule has 1 unspecified atom stereocenters. The molecule has 1 aliphatic rings. The first-order chi connectivity index (χ1) is 14.5. The van der Waals surface area contributed by atoms with Crippen LogP contribution in [0.2, 0.25) is 5.15 Å². The zero-order valence-corrected chi connectivity index (χ0v) is 17.2. The summed E-state index contributed by atoms with van der Waals surface area (Å²) in [5.41, 5.74) is 4.34. The molecule has 0 spiro atoms. The van der Waals surface area contributed by atoms with E-state index in [9.17, 15) is 4.39 Å². The van der Waals surface area contributed by atoms with E-state index >= 15 is 0 Å². The molecular formula is C22H18ClFN6. The minimum atomic E-state index is -0.222. The molecule has 1 aromatic carbocycles. The topological polar surface area (TPSA) is 68.8 Å². The second kappa shape index (κ2) is 7.25. The fraction of sp³-hybridized carbons (Fsp3) is 0.227. The Morgan fingerprint density at radius 2 is 1.97 bits per heavy atom. The number of hydrogen-bond acceptors (Lipinski definition) is 5. The van der Waals surface area contributed by atoms with Crippen LogP contribution in [-0.2, 0) is 13.0 Å². The largest absolute Gasteiger partial charge is 0.252 e. The third kappa shape index (κ3) is 3.06. The van der Waals surface area contributed by atoms with Crippen LogP contribution in [0, 0.1) is 5.82 Å². The summed E-state index contributed by atoms with van der Waals surface area (Å²) in [6.07, 6.45) is 2.21. The summed E-state index contributed by atoms with van der Waals surface area (Å²) in [6, 6.07) is 10.5. The fourth-order valence-corrected chi connectivity index (χ4v) is 3.90. The highest BCUT2D eigenvalue weighted by Crippen LogP contribution is 2.39.